The Labute approximate surface area is 130 Å². The van der Waals surface area contributed by atoms with E-state index in [1.165, 1.54) is 0 Å². The van der Waals surface area contributed by atoms with E-state index in [-0.39, 0.29) is 11.5 Å². The number of halogens is 1. The zero-order chi connectivity index (χ0) is 15.7. The number of nitrogen functional groups attached to an aromatic ring is 1. The predicted molar refractivity (Wildman–Crippen MR) is 88.6 cm³/mol. The second kappa shape index (κ2) is 5.98. The molecular formula is C16H22ClN3O. The number of hydrogen-bond donors (Lipinski definition) is 1. The molecule has 0 aliphatic carbocycles. The number of nitrogens with two attached hydrogens (primary N) is 1. The van der Waals surface area contributed by atoms with Crippen molar-refractivity contribution in [2.75, 3.05) is 5.73 Å². The average molecular weight is 308 g/mol. The van der Waals surface area contributed by atoms with Gasteiger partial charge in [-0.3, -0.25) is 9.48 Å². The molecule has 0 fully saturated rings. The first-order valence-corrected chi connectivity index (χ1v) is 7.64. The minimum Gasteiger partial charge on any atom is -0.393 e. The topological polar surface area (TPSA) is 52.9 Å². The summed E-state index contributed by atoms with van der Waals surface area (Å²) in [6, 6.07) is 5.63. The lowest BCUT2D eigenvalue weighted by molar-refractivity contribution is 0.503. The monoisotopic (exact) mass is 307 g/mol. The van der Waals surface area contributed by atoms with Crippen molar-refractivity contribution in [3.63, 3.8) is 0 Å². The summed E-state index contributed by atoms with van der Waals surface area (Å²) in [7, 11) is 0. The minimum atomic E-state index is -0.174. The van der Waals surface area contributed by atoms with Crippen LogP contribution in [0.1, 0.15) is 44.4 Å². The molecule has 0 spiro atoms. The van der Waals surface area contributed by atoms with Crippen molar-refractivity contribution in [3.05, 3.63) is 44.8 Å². The Hall–Kier alpha value is -1.68. The van der Waals surface area contributed by atoms with Gasteiger partial charge in [-0.1, -0.05) is 38.4 Å². The Balaban J connectivity index is 2.75. The van der Waals surface area contributed by atoms with Gasteiger partial charge in [0.15, 0.2) is 0 Å². The second-order valence-electron chi connectivity index (χ2n) is 5.63. The molecule has 0 bridgehead atoms. The highest BCUT2D eigenvalue weighted by Gasteiger charge is 2.20. The van der Waals surface area contributed by atoms with Gasteiger partial charge in [0.2, 0.25) is 0 Å². The molecule has 0 unspecified atom stereocenters. The van der Waals surface area contributed by atoms with Gasteiger partial charge in [0.05, 0.1) is 11.4 Å². The van der Waals surface area contributed by atoms with Crippen LogP contribution in [0.15, 0.2) is 23.0 Å². The van der Waals surface area contributed by atoms with Gasteiger partial charge in [-0.15, -0.1) is 0 Å². The summed E-state index contributed by atoms with van der Waals surface area (Å²) in [6.07, 6.45) is 0.923. The summed E-state index contributed by atoms with van der Waals surface area (Å²) < 4.78 is 3.61. The van der Waals surface area contributed by atoms with Gasteiger partial charge < -0.3 is 5.73 Å². The fourth-order valence-electron chi connectivity index (χ4n) is 2.59. The van der Waals surface area contributed by atoms with E-state index in [2.05, 4.69) is 6.92 Å². The molecule has 2 N–H and O–H groups in total. The molecule has 0 saturated heterocycles. The van der Waals surface area contributed by atoms with Crippen molar-refractivity contribution in [1.29, 1.82) is 0 Å². The standard InChI is InChI=1S/C16H22ClN3O/c1-5-8-19-15(10(2)3)14(18)16(21)20(19)12-7-6-11(4)13(17)9-12/h6-7,9-10H,5,8,18H2,1-4H3. The molecule has 1 aromatic heterocycles. The van der Waals surface area contributed by atoms with Gasteiger partial charge in [-0.05, 0) is 37.0 Å². The first kappa shape index (κ1) is 15.7. The predicted octanol–water partition coefficient (Wildman–Crippen LogP) is 3.72. The summed E-state index contributed by atoms with van der Waals surface area (Å²) in [6.45, 7) is 8.85. The van der Waals surface area contributed by atoms with E-state index < -0.39 is 0 Å². The molecule has 5 heteroatoms. The lowest BCUT2D eigenvalue weighted by Crippen LogP contribution is -2.22. The summed E-state index contributed by atoms with van der Waals surface area (Å²) in [5.41, 5.74) is 8.83. The smallest absolute Gasteiger partial charge is 0.294 e. The third-order valence-corrected chi connectivity index (χ3v) is 4.01. The van der Waals surface area contributed by atoms with E-state index in [4.69, 9.17) is 17.3 Å². The lowest BCUT2D eigenvalue weighted by Gasteiger charge is -2.16. The van der Waals surface area contributed by atoms with E-state index in [1.54, 1.807) is 4.68 Å². The maximum absolute atomic E-state index is 12.6. The van der Waals surface area contributed by atoms with Crippen LogP contribution >= 0.6 is 11.6 Å². The fourth-order valence-corrected chi connectivity index (χ4v) is 2.77. The largest absolute Gasteiger partial charge is 0.393 e. The van der Waals surface area contributed by atoms with Gasteiger partial charge >= 0.3 is 0 Å². The summed E-state index contributed by atoms with van der Waals surface area (Å²) in [4.78, 5) is 12.6. The normalized spacial score (nSPS) is 11.3. The fraction of sp³-hybridized carbons (Fsp3) is 0.438. The molecule has 1 heterocycles. The van der Waals surface area contributed by atoms with Crippen LogP contribution in [0.25, 0.3) is 5.69 Å². The molecule has 0 radical (unpaired) electrons. The average Bonchev–Trinajstić information content (AvgIpc) is 2.66. The van der Waals surface area contributed by atoms with Crippen molar-refractivity contribution in [2.45, 2.75) is 46.6 Å². The van der Waals surface area contributed by atoms with Crippen LogP contribution in [0.4, 0.5) is 5.69 Å². The first-order chi connectivity index (χ1) is 9.88. The first-order valence-electron chi connectivity index (χ1n) is 7.26. The molecular weight excluding hydrogens is 286 g/mol. The van der Waals surface area contributed by atoms with Crippen LogP contribution in [0.3, 0.4) is 0 Å². The Morgan fingerprint density at radius 3 is 2.52 bits per heavy atom. The number of hydrogen-bond acceptors (Lipinski definition) is 2. The zero-order valence-corrected chi connectivity index (χ0v) is 13.7. The second-order valence-corrected chi connectivity index (χ2v) is 6.03. The van der Waals surface area contributed by atoms with Gasteiger partial charge in [-0.2, -0.15) is 0 Å². The molecule has 0 aliphatic heterocycles. The summed E-state index contributed by atoms with van der Waals surface area (Å²) >= 11 is 6.20. The number of anilines is 1. The molecule has 21 heavy (non-hydrogen) atoms. The summed E-state index contributed by atoms with van der Waals surface area (Å²) in [5, 5.41) is 0.647. The molecule has 114 valence electrons. The van der Waals surface area contributed by atoms with E-state index in [0.29, 0.717) is 10.7 Å². The van der Waals surface area contributed by atoms with E-state index in [1.807, 2.05) is 43.7 Å². The van der Waals surface area contributed by atoms with Crippen LogP contribution in [0.2, 0.25) is 5.02 Å². The molecule has 0 amide bonds. The van der Waals surface area contributed by atoms with Crippen LogP contribution < -0.4 is 11.3 Å². The molecule has 0 aliphatic rings. The van der Waals surface area contributed by atoms with Crippen LogP contribution in [0, 0.1) is 6.92 Å². The lowest BCUT2D eigenvalue weighted by atomic mass is 10.1. The van der Waals surface area contributed by atoms with Gasteiger partial charge in [-0.25, -0.2) is 4.68 Å². The highest BCUT2D eigenvalue weighted by atomic mass is 35.5. The van der Waals surface area contributed by atoms with E-state index in [0.717, 1.165) is 29.9 Å². The molecule has 4 nitrogen and oxygen atoms in total. The van der Waals surface area contributed by atoms with Crippen LogP contribution in [-0.4, -0.2) is 9.36 Å². The Morgan fingerprint density at radius 2 is 2.00 bits per heavy atom. The van der Waals surface area contributed by atoms with E-state index in [9.17, 15) is 4.79 Å². The minimum absolute atomic E-state index is 0.174. The van der Waals surface area contributed by atoms with Gasteiger partial charge in [0.1, 0.15) is 5.69 Å². The van der Waals surface area contributed by atoms with Crippen molar-refractivity contribution < 1.29 is 0 Å². The highest BCUT2D eigenvalue weighted by Crippen LogP contribution is 2.24. The Kier molecular flexibility index (Phi) is 4.47. The van der Waals surface area contributed by atoms with Crippen molar-refractivity contribution in [3.8, 4) is 5.69 Å². The van der Waals surface area contributed by atoms with Crippen LogP contribution in [0.5, 0.6) is 0 Å². The number of aryl methyl sites for hydroxylation is 1. The highest BCUT2D eigenvalue weighted by molar-refractivity contribution is 6.31. The number of aromatic nitrogens is 2. The summed E-state index contributed by atoms with van der Waals surface area (Å²) in [5.74, 6) is 0.187. The van der Waals surface area contributed by atoms with Crippen LogP contribution in [-0.2, 0) is 6.54 Å². The Morgan fingerprint density at radius 1 is 1.33 bits per heavy atom. The van der Waals surface area contributed by atoms with Crippen molar-refractivity contribution in [1.82, 2.24) is 9.36 Å². The molecule has 1 aromatic carbocycles. The van der Waals surface area contributed by atoms with Crippen molar-refractivity contribution in [2.24, 2.45) is 0 Å². The molecule has 0 atom stereocenters. The molecule has 0 saturated carbocycles. The SMILES string of the molecule is CCCn1c(C(C)C)c(N)c(=O)n1-c1ccc(C)c(Cl)c1. The molecule has 2 aromatic rings. The quantitative estimate of drug-likeness (QED) is 0.936. The number of rotatable bonds is 4. The number of nitrogens with zero attached hydrogens (tertiary/aromatic N) is 2. The van der Waals surface area contributed by atoms with Gasteiger partial charge in [0.25, 0.3) is 5.56 Å². The zero-order valence-electron chi connectivity index (χ0n) is 13.0. The van der Waals surface area contributed by atoms with Gasteiger partial charge in [0, 0.05) is 11.6 Å². The maximum Gasteiger partial charge on any atom is 0.294 e. The third kappa shape index (κ3) is 2.72. The third-order valence-electron chi connectivity index (χ3n) is 3.60. The van der Waals surface area contributed by atoms with Crippen molar-refractivity contribution >= 4 is 17.3 Å². The number of benzene rings is 1. The Bertz CT molecular complexity index is 713. The van der Waals surface area contributed by atoms with E-state index >= 15 is 0 Å². The maximum atomic E-state index is 12.6. The molecule has 2 rings (SSSR count).